The number of benzene rings is 1. The fourth-order valence-electron chi connectivity index (χ4n) is 1.96. The maximum atomic E-state index is 13.0. The zero-order valence-corrected chi connectivity index (χ0v) is 9.93. The zero-order valence-electron chi connectivity index (χ0n) is 9.18. The lowest BCUT2D eigenvalue weighted by Crippen LogP contribution is -2.27. The van der Waals surface area contributed by atoms with Crippen LogP contribution in [0.4, 0.5) is 4.39 Å². The van der Waals surface area contributed by atoms with Gasteiger partial charge in [0, 0.05) is 19.6 Å². The van der Waals surface area contributed by atoms with Crippen molar-refractivity contribution in [3.63, 3.8) is 0 Å². The predicted molar refractivity (Wildman–Crippen MR) is 64.2 cm³/mol. The van der Waals surface area contributed by atoms with Crippen molar-refractivity contribution in [1.82, 2.24) is 10.2 Å². The third kappa shape index (κ3) is 3.17. The summed E-state index contributed by atoms with van der Waals surface area (Å²) in [6, 6.07) is 4.96. The number of nitrogens with zero attached hydrogens (tertiary/aromatic N) is 1. The molecule has 1 heterocycles. The molecule has 2 nitrogen and oxygen atoms in total. The summed E-state index contributed by atoms with van der Waals surface area (Å²) in [4.78, 5) is 2.36. The van der Waals surface area contributed by atoms with Gasteiger partial charge in [0.05, 0.1) is 5.02 Å². The average molecular weight is 243 g/mol. The fourth-order valence-corrected chi connectivity index (χ4v) is 2.16. The highest BCUT2D eigenvalue weighted by atomic mass is 35.5. The van der Waals surface area contributed by atoms with Gasteiger partial charge in [-0.15, -0.1) is 0 Å². The van der Waals surface area contributed by atoms with E-state index in [-0.39, 0.29) is 10.8 Å². The molecule has 0 spiro atoms. The van der Waals surface area contributed by atoms with Crippen LogP contribution in [0.3, 0.4) is 0 Å². The highest BCUT2D eigenvalue weighted by Crippen LogP contribution is 2.17. The number of halogens is 2. The first-order valence-electron chi connectivity index (χ1n) is 5.63. The Morgan fingerprint density at radius 1 is 1.31 bits per heavy atom. The van der Waals surface area contributed by atoms with Crippen molar-refractivity contribution in [2.24, 2.45) is 0 Å². The molecule has 4 heteroatoms. The summed E-state index contributed by atoms with van der Waals surface area (Å²) in [5.41, 5.74) is 1.08. The molecule has 0 bridgehead atoms. The van der Waals surface area contributed by atoms with E-state index in [1.807, 2.05) is 0 Å². The lowest BCUT2D eigenvalue weighted by atomic mass is 10.2. The van der Waals surface area contributed by atoms with Crippen LogP contribution in [-0.2, 0) is 6.54 Å². The van der Waals surface area contributed by atoms with E-state index in [0.29, 0.717) is 0 Å². The van der Waals surface area contributed by atoms with Crippen molar-refractivity contribution in [3.05, 3.63) is 34.6 Å². The van der Waals surface area contributed by atoms with Gasteiger partial charge in [0.25, 0.3) is 0 Å². The lowest BCUT2D eigenvalue weighted by Gasteiger charge is -2.19. The molecule has 88 valence electrons. The van der Waals surface area contributed by atoms with Crippen LogP contribution in [-0.4, -0.2) is 31.1 Å². The molecule has 16 heavy (non-hydrogen) atoms. The quantitative estimate of drug-likeness (QED) is 0.856. The number of hydrogen-bond acceptors (Lipinski definition) is 2. The summed E-state index contributed by atoms with van der Waals surface area (Å²) in [5, 5.41) is 3.57. The first-order chi connectivity index (χ1) is 7.75. The summed E-state index contributed by atoms with van der Waals surface area (Å²) < 4.78 is 13.0. The van der Waals surface area contributed by atoms with Gasteiger partial charge in [-0.25, -0.2) is 4.39 Å². The molecule has 0 amide bonds. The molecule has 0 aromatic heterocycles. The van der Waals surface area contributed by atoms with E-state index in [9.17, 15) is 4.39 Å². The Bertz CT molecular complexity index is 349. The van der Waals surface area contributed by atoms with E-state index in [4.69, 9.17) is 11.6 Å². The Hall–Kier alpha value is -0.640. The van der Waals surface area contributed by atoms with Crippen molar-refractivity contribution in [2.45, 2.75) is 13.0 Å². The summed E-state index contributed by atoms with van der Waals surface area (Å²) in [7, 11) is 0. The minimum atomic E-state index is -0.344. The zero-order chi connectivity index (χ0) is 11.4. The van der Waals surface area contributed by atoms with Crippen molar-refractivity contribution < 1.29 is 4.39 Å². The van der Waals surface area contributed by atoms with Gasteiger partial charge < -0.3 is 5.32 Å². The van der Waals surface area contributed by atoms with E-state index in [2.05, 4.69) is 10.2 Å². The molecule has 1 aromatic carbocycles. The van der Waals surface area contributed by atoms with Crippen molar-refractivity contribution in [1.29, 1.82) is 0 Å². The fraction of sp³-hybridized carbons (Fsp3) is 0.500. The average Bonchev–Trinajstić information content (AvgIpc) is 2.52. The minimum Gasteiger partial charge on any atom is -0.315 e. The summed E-state index contributed by atoms with van der Waals surface area (Å²) in [6.45, 7) is 5.08. The third-order valence-electron chi connectivity index (χ3n) is 2.82. The molecule has 1 saturated heterocycles. The standard InChI is InChI=1S/C12H16ClFN2/c13-11-8-10(2-3-12(11)14)9-16-6-1-4-15-5-7-16/h2-3,8,15H,1,4-7,9H2. The molecule has 1 fully saturated rings. The summed E-state index contributed by atoms with van der Waals surface area (Å²) in [5.74, 6) is -0.344. The highest BCUT2D eigenvalue weighted by molar-refractivity contribution is 6.30. The second-order valence-corrected chi connectivity index (χ2v) is 4.54. The van der Waals surface area contributed by atoms with Gasteiger partial charge in [-0.3, -0.25) is 4.90 Å². The largest absolute Gasteiger partial charge is 0.315 e. The molecule has 1 aliphatic rings. The molecule has 0 aliphatic carbocycles. The van der Waals surface area contributed by atoms with Crippen LogP contribution in [0.15, 0.2) is 18.2 Å². The van der Waals surface area contributed by atoms with E-state index < -0.39 is 0 Å². The normalized spacial score (nSPS) is 18.4. The Labute approximate surface area is 100 Å². The molecule has 0 radical (unpaired) electrons. The molecule has 0 unspecified atom stereocenters. The first kappa shape index (κ1) is 11.8. The van der Waals surface area contributed by atoms with Gasteiger partial charge in [-0.05, 0) is 37.2 Å². The lowest BCUT2D eigenvalue weighted by molar-refractivity contribution is 0.284. The minimum absolute atomic E-state index is 0.213. The number of nitrogens with one attached hydrogen (secondary N) is 1. The molecule has 1 N–H and O–H groups in total. The van der Waals surface area contributed by atoms with E-state index in [1.54, 1.807) is 12.1 Å². The van der Waals surface area contributed by atoms with E-state index >= 15 is 0 Å². The van der Waals surface area contributed by atoms with Crippen LogP contribution < -0.4 is 5.32 Å². The van der Waals surface area contributed by atoms with Crippen LogP contribution in [0.1, 0.15) is 12.0 Å². The van der Waals surface area contributed by atoms with Crippen molar-refractivity contribution >= 4 is 11.6 Å². The van der Waals surface area contributed by atoms with Gasteiger partial charge in [0.1, 0.15) is 5.82 Å². The second-order valence-electron chi connectivity index (χ2n) is 4.13. The van der Waals surface area contributed by atoms with Crippen LogP contribution in [0.5, 0.6) is 0 Å². The van der Waals surface area contributed by atoms with Crippen LogP contribution in [0.25, 0.3) is 0 Å². The first-order valence-corrected chi connectivity index (χ1v) is 6.00. The Balaban J connectivity index is 1.99. The van der Waals surface area contributed by atoms with Crippen molar-refractivity contribution in [2.75, 3.05) is 26.2 Å². The van der Waals surface area contributed by atoms with Gasteiger partial charge >= 0.3 is 0 Å². The molecule has 2 rings (SSSR count). The topological polar surface area (TPSA) is 15.3 Å². The number of rotatable bonds is 2. The van der Waals surface area contributed by atoms with E-state index in [0.717, 1.165) is 44.7 Å². The smallest absolute Gasteiger partial charge is 0.141 e. The maximum Gasteiger partial charge on any atom is 0.141 e. The molecular formula is C12H16ClFN2. The molecular weight excluding hydrogens is 227 g/mol. The molecule has 1 aliphatic heterocycles. The Morgan fingerprint density at radius 2 is 2.19 bits per heavy atom. The maximum absolute atomic E-state index is 13.0. The SMILES string of the molecule is Fc1ccc(CN2CCCNCC2)cc1Cl. The van der Waals surface area contributed by atoms with Gasteiger partial charge in [-0.1, -0.05) is 17.7 Å². The third-order valence-corrected chi connectivity index (χ3v) is 3.11. The molecule has 0 atom stereocenters. The van der Waals surface area contributed by atoms with Crippen LogP contribution in [0, 0.1) is 5.82 Å². The van der Waals surface area contributed by atoms with E-state index in [1.165, 1.54) is 6.07 Å². The monoisotopic (exact) mass is 242 g/mol. The van der Waals surface area contributed by atoms with Gasteiger partial charge in [-0.2, -0.15) is 0 Å². The van der Waals surface area contributed by atoms with Crippen LogP contribution >= 0.6 is 11.6 Å². The Morgan fingerprint density at radius 3 is 3.00 bits per heavy atom. The molecule has 0 saturated carbocycles. The van der Waals surface area contributed by atoms with Gasteiger partial charge in [0.15, 0.2) is 0 Å². The summed E-state index contributed by atoms with van der Waals surface area (Å²) in [6.07, 6.45) is 1.16. The second kappa shape index (κ2) is 5.62. The predicted octanol–water partition coefficient (Wildman–Crippen LogP) is 2.27. The highest BCUT2D eigenvalue weighted by Gasteiger charge is 2.09. The Kier molecular flexibility index (Phi) is 4.16. The van der Waals surface area contributed by atoms with Crippen molar-refractivity contribution in [3.8, 4) is 0 Å². The number of hydrogen-bond donors (Lipinski definition) is 1. The van der Waals surface area contributed by atoms with Gasteiger partial charge in [0.2, 0.25) is 0 Å². The van der Waals surface area contributed by atoms with Crippen LogP contribution in [0.2, 0.25) is 5.02 Å². The summed E-state index contributed by atoms with van der Waals surface area (Å²) >= 11 is 5.76. The molecule has 1 aromatic rings.